The van der Waals surface area contributed by atoms with Crippen LogP contribution in [0, 0.1) is 11.6 Å². The third-order valence-corrected chi connectivity index (χ3v) is 3.56. The molecule has 0 fully saturated rings. The second-order valence-corrected chi connectivity index (χ2v) is 4.90. The topological polar surface area (TPSA) is 45.0 Å². The van der Waals surface area contributed by atoms with Gasteiger partial charge < -0.3 is 4.90 Å². The molecule has 1 aliphatic rings. The summed E-state index contributed by atoms with van der Waals surface area (Å²) in [6.07, 6.45) is 0.974. The van der Waals surface area contributed by atoms with Crippen LogP contribution in [0.5, 0.6) is 0 Å². The summed E-state index contributed by atoms with van der Waals surface area (Å²) in [7, 11) is 0. The van der Waals surface area contributed by atoms with Crippen LogP contribution in [0.15, 0.2) is 52.7 Å². The second kappa shape index (κ2) is 6.08. The van der Waals surface area contributed by atoms with Crippen molar-refractivity contribution in [1.29, 1.82) is 0 Å². The number of anilines is 1. The Morgan fingerprint density at radius 2 is 1.78 bits per heavy atom. The van der Waals surface area contributed by atoms with Crippen molar-refractivity contribution in [2.75, 3.05) is 11.4 Å². The van der Waals surface area contributed by atoms with E-state index in [0.717, 1.165) is 24.0 Å². The minimum atomic E-state index is -0.734. The van der Waals surface area contributed by atoms with E-state index in [1.165, 1.54) is 6.07 Å². The number of rotatable bonds is 3. The molecular weight excluding hydrogens is 300 g/mol. The van der Waals surface area contributed by atoms with Gasteiger partial charge in [-0.15, -0.1) is 5.10 Å². The summed E-state index contributed by atoms with van der Waals surface area (Å²) >= 11 is 0. The predicted octanol–water partition coefficient (Wildman–Crippen LogP) is 3.15. The zero-order valence-electron chi connectivity index (χ0n) is 12.3. The molecule has 116 valence electrons. The van der Waals surface area contributed by atoms with Crippen molar-refractivity contribution in [3.63, 3.8) is 0 Å². The molecule has 3 rings (SSSR count). The fourth-order valence-electron chi connectivity index (χ4n) is 2.45. The lowest BCUT2D eigenvalue weighted by Crippen LogP contribution is -2.29. The first-order valence-electron chi connectivity index (χ1n) is 7.09. The number of carbonyl (C=O) groups is 1. The van der Waals surface area contributed by atoms with E-state index in [9.17, 15) is 13.6 Å². The molecule has 2 aromatic rings. The van der Waals surface area contributed by atoms with Gasteiger partial charge in [0, 0.05) is 12.1 Å². The van der Waals surface area contributed by atoms with Crippen LogP contribution in [0.4, 0.5) is 14.5 Å². The Kier molecular flexibility index (Phi) is 3.97. The average molecular weight is 313 g/mol. The molecule has 0 saturated carbocycles. The van der Waals surface area contributed by atoms with E-state index < -0.39 is 11.6 Å². The number of likely N-dealkylation sites (N-methyl/N-ethyl adjacent to an activating group) is 1. The van der Waals surface area contributed by atoms with Crippen LogP contribution in [0.25, 0.3) is 0 Å². The molecule has 0 atom stereocenters. The van der Waals surface area contributed by atoms with Gasteiger partial charge in [0.05, 0.1) is 17.5 Å². The molecule has 0 aliphatic carbocycles. The van der Waals surface area contributed by atoms with Crippen LogP contribution in [-0.4, -0.2) is 24.4 Å². The normalized spacial score (nSPS) is 15.7. The van der Waals surface area contributed by atoms with Gasteiger partial charge in [0.15, 0.2) is 5.71 Å². The monoisotopic (exact) mass is 313 g/mol. The molecular formula is C17H13F2N3O. The molecule has 0 unspecified atom stereocenters. The van der Waals surface area contributed by atoms with Gasteiger partial charge in [-0.1, -0.05) is 24.3 Å². The average Bonchev–Trinajstić information content (AvgIpc) is 2.82. The van der Waals surface area contributed by atoms with Crippen molar-refractivity contribution in [2.24, 2.45) is 10.2 Å². The number of nitrogens with zero attached hydrogens (tertiary/aromatic N) is 3. The van der Waals surface area contributed by atoms with Crippen molar-refractivity contribution in [3.8, 4) is 0 Å². The zero-order valence-corrected chi connectivity index (χ0v) is 12.3. The third kappa shape index (κ3) is 2.63. The second-order valence-electron chi connectivity index (χ2n) is 4.90. The lowest BCUT2D eigenvalue weighted by Gasteiger charge is -2.12. The van der Waals surface area contributed by atoms with Crippen LogP contribution >= 0.6 is 0 Å². The summed E-state index contributed by atoms with van der Waals surface area (Å²) < 4.78 is 27.1. The highest BCUT2D eigenvalue weighted by atomic mass is 19.1. The molecule has 1 heterocycles. The number of carbonyl (C=O) groups excluding carboxylic acids is 1. The number of fused-ring (bicyclic) bond motifs is 1. The highest BCUT2D eigenvalue weighted by molar-refractivity contribution is 6.54. The fourth-order valence-corrected chi connectivity index (χ4v) is 2.45. The van der Waals surface area contributed by atoms with Crippen LogP contribution in [0.3, 0.4) is 0 Å². The fraction of sp³-hybridized carbons (Fsp3) is 0.118. The maximum atomic E-state index is 13.5. The molecule has 23 heavy (non-hydrogen) atoms. The molecule has 2 aromatic carbocycles. The predicted molar refractivity (Wildman–Crippen MR) is 85.0 cm³/mol. The van der Waals surface area contributed by atoms with E-state index in [1.54, 1.807) is 17.0 Å². The van der Waals surface area contributed by atoms with Gasteiger partial charge >= 0.3 is 0 Å². The molecule has 0 aromatic heterocycles. The maximum absolute atomic E-state index is 13.5. The summed E-state index contributed by atoms with van der Waals surface area (Å²) in [5, 5.41) is 7.58. The van der Waals surface area contributed by atoms with E-state index in [2.05, 4.69) is 10.2 Å². The highest BCUT2D eigenvalue weighted by Gasteiger charge is 2.32. The van der Waals surface area contributed by atoms with E-state index in [-0.39, 0.29) is 17.2 Å². The van der Waals surface area contributed by atoms with Gasteiger partial charge in [-0.25, -0.2) is 8.78 Å². The number of halogens is 2. The first-order chi connectivity index (χ1) is 11.1. The Bertz CT molecular complexity index is 810. The molecule has 4 nitrogen and oxygen atoms in total. The van der Waals surface area contributed by atoms with E-state index in [1.807, 2.05) is 19.1 Å². The largest absolute Gasteiger partial charge is 0.307 e. The number of para-hydroxylation sites is 1. The highest BCUT2D eigenvalue weighted by Crippen LogP contribution is 2.28. The van der Waals surface area contributed by atoms with Gasteiger partial charge in [-0.3, -0.25) is 4.79 Å². The Hall–Kier alpha value is -2.89. The summed E-state index contributed by atoms with van der Waals surface area (Å²) in [5.41, 5.74) is 1.29. The summed E-state index contributed by atoms with van der Waals surface area (Å²) in [5.74, 6) is -1.75. The Balaban J connectivity index is 1.97. The molecule has 0 N–H and O–H groups in total. The van der Waals surface area contributed by atoms with E-state index in [4.69, 9.17) is 0 Å². The van der Waals surface area contributed by atoms with Crippen molar-refractivity contribution >= 4 is 23.5 Å². The van der Waals surface area contributed by atoms with Crippen molar-refractivity contribution < 1.29 is 13.6 Å². The minimum Gasteiger partial charge on any atom is -0.307 e. The molecule has 1 amide bonds. The molecule has 6 heteroatoms. The Labute approximate surface area is 131 Å². The Morgan fingerprint density at radius 1 is 1.09 bits per heavy atom. The summed E-state index contributed by atoms with van der Waals surface area (Å²) in [6.45, 7) is 2.36. The van der Waals surface area contributed by atoms with Gasteiger partial charge in [0.1, 0.15) is 11.6 Å². The number of hydrogen-bond donors (Lipinski definition) is 0. The zero-order chi connectivity index (χ0) is 16.4. The third-order valence-electron chi connectivity index (χ3n) is 3.56. The summed E-state index contributed by atoms with van der Waals surface area (Å²) in [6, 6.07) is 10.7. The number of benzene rings is 2. The lowest BCUT2D eigenvalue weighted by molar-refractivity contribution is -0.112. The smallest absolute Gasteiger partial charge is 0.279 e. The minimum absolute atomic E-state index is 0.162. The lowest BCUT2D eigenvalue weighted by atomic mass is 10.1. The van der Waals surface area contributed by atoms with Crippen LogP contribution < -0.4 is 4.90 Å². The van der Waals surface area contributed by atoms with Crippen LogP contribution in [0.1, 0.15) is 18.1 Å². The van der Waals surface area contributed by atoms with Crippen LogP contribution in [-0.2, 0) is 4.79 Å². The number of hydrogen-bond acceptors (Lipinski definition) is 3. The van der Waals surface area contributed by atoms with Gasteiger partial charge in [-0.05, 0) is 25.1 Å². The standard InChI is InChI=1S/C17H13F2N3O/c1-2-22-15-9-4-3-6-11(15)16(17(22)23)21-20-10-12-13(18)7-5-8-14(12)19/h3-10H,2H2,1H3/b20-10-,21-16+. The van der Waals surface area contributed by atoms with E-state index >= 15 is 0 Å². The molecule has 0 radical (unpaired) electrons. The van der Waals surface area contributed by atoms with Crippen molar-refractivity contribution in [3.05, 3.63) is 65.2 Å². The molecule has 0 spiro atoms. The van der Waals surface area contributed by atoms with Gasteiger partial charge in [0.2, 0.25) is 0 Å². The summed E-state index contributed by atoms with van der Waals surface area (Å²) in [4.78, 5) is 13.9. The van der Waals surface area contributed by atoms with Crippen molar-refractivity contribution in [2.45, 2.75) is 6.92 Å². The molecule has 1 aliphatic heterocycles. The van der Waals surface area contributed by atoms with E-state index in [0.29, 0.717) is 12.1 Å². The SMILES string of the molecule is CCN1C(=O)/C(=N/N=C\c2c(F)cccc2F)c2ccccc21. The first-order valence-corrected chi connectivity index (χ1v) is 7.09. The van der Waals surface area contributed by atoms with Crippen molar-refractivity contribution in [1.82, 2.24) is 0 Å². The quantitative estimate of drug-likeness (QED) is 0.634. The van der Waals surface area contributed by atoms with Gasteiger partial charge in [0.25, 0.3) is 5.91 Å². The van der Waals surface area contributed by atoms with Crippen LogP contribution in [0.2, 0.25) is 0 Å². The molecule has 0 bridgehead atoms. The van der Waals surface area contributed by atoms with Gasteiger partial charge in [-0.2, -0.15) is 5.10 Å². The maximum Gasteiger partial charge on any atom is 0.279 e. The first kappa shape index (κ1) is 15.0. The Morgan fingerprint density at radius 3 is 2.48 bits per heavy atom. The number of amides is 1. The molecule has 0 saturated heterocycles.